The average molecular weight is 247 g/mol. The van der Waals surface area contributed by atoms with E-state index >= 15 is 0 Å². The zero-order valence-corrected chi connectivity index (χ0v) is 11.3. The van der Waals surface area contributed by atoms with Crippen molar-refractivity contribution in [2.45, 2.75) is 33.9 Å². The molecule has 0 bridgehead atoms. The highest BCUT2D eigenvalue weighted by molar-refractivity contribution is 5.08. The van der Waals surface area contributed by atoms with Crippen molar-refractivity contribution >= 4 is 0 Å². The molecule has 0 saturated heterocycles. The lowest BCUT2D eigenvalue weighted by atomic mass is 10.2. The van der Waals surface area contributed by atoms with Crippen LogP contribution in [0.3, 0.4) is 0 Å². The molecule has 4 nitrogen and oxygen atoms in total. The molecular weight excluding hydrogens is 226 g/mol. The number of nitrogens with zero attached hydrogens (tertiary/aromatic N) is 2. The van der Waals surface area contributed by atoms with E-state index in [0.717, 1.165) is 37.0 Å². The first-order valence-electron chi connectivity index (χ1n) is 6.41. The first-order valence-corrected chi connectivity index (χ1v) is 6.41. The molecule has 1 N–H and O–H groups in total. The van der Waals surface area contributed by atoms with Crippen LogP contribution >= 0.6 is 0 Å². The fourth-order valence-electron chi connectivity index (χ4n) is 1.83. The van der Waals surface area contributed by atoms with Crippen LogP contribution < -0.4 is 5.32 Å². The van der Waals surface area contributed by atoms with Gasteiger partial charge in [-0.25, -0.2) is 4.98 Å². The Morgan fingerprint density at radius 2 is 2.11 bits per heavy atom. The highest BCUT2D eigenvalue weighted by Crippen LogP contribution is 2.10. The quantitative estimate of drug-likeness (QED) is 0.853. The minimum atomic E-state index is 0.660. The number of furan rings is 1. The summed E-state index contributed by atoms with van der Waals surface area (Å²) in [7, 11) is 0. The van der Waals surface area contributed by atoms with Gasteiger partial charge in [-0.05, 0) is 31.5 Å². The van der Waals surface area contributed by atoms with Crippen LogP contribution in [-0.4, -0.2) is 16.1 Å². The van der Waals surface area contributed by atoms with Gasteiger partial charge in [0.25, 0.3) is 0 Å². The molecule has 0 unspecified atom stereocenters. The van der Waals surface area contributed by atoms with E-state index in [-0.39, 0.29) is 0 Å². The monoisotopic (exact) mass is 247 g/mol. The molecule has 0 aliphatic rings. The molecular formula is C14H21N3O. The van der Waals surface area contributed by atoms with Crippen molar-refractivity contribution in [3.8, 4) is 0 Å². The normalized spacial score (nSPS) is 11.3. The Bertz CT molecular complexity index is 485. The Morgan fingerprint density at radius 1 is 1.33 bits per heavy atom. The van der Waals surface area contributed by atoms with E-state index in [2.05, 4.69) is 28.7 Å². The van der Waals surface area contributed by atoms with Crippen LogP contribution in [0.2, 0.25) is 0 Å². The topological polar surface area (TPSA) is 43.0 Å². The van der Waals surface area contributed by atoms with E-state index < -0.39 is 0 Å². The lowest BCUT2D eigenvalue weighted by Crippen LogP contribution is -2.18. The van der Waals surface area contributed by atoms with Crippen LogP contribution in [0.5, 0.6) is 0 Å². The molecule has 2 rings (SSSR count). The summed E-state index contributed by atoms with van der Waals surface area (Å²) in [6.45, 7) is 8.94. The number of aromatic nitrogens is 2. The minimum absolute atomic E-state index is 0.660. The second-order valence-electron chi connectivity index (χ2n) is 5.00. The number of hydrogen-bond acceptors (Lipinski definition) is 3. The van der Waals surface area contributed by atoms with Gasteiger partial charge in [0.15, 0.2) is 0 Å². The van der Waals surface area contributed by atoms with Crippen LogP contribution in [0.4, 0.5) is 0 Å². The van der Waals surface area contributed by atoms with Gasteiger partial charge in [-0.2, -0.15) is 0 Å². The predicted molar refractivity (Wildman–Crippen MR) is 71.3 cm³/mol. The van der Waals surface area contributed by atoms with Crippen molar-refractivity contribution in [1.82, 2.24) is 14.9 Å². The molecule has 18 heavy (non-hydrogen) atoms. The van der Waals surface area contributed by atoms with Gasteiger partial charge in [-0.15, -0.1) is 0 Å². The van der Waals surface area contributed by atoms with E-state index in [1.165, 1.54) is 0 Å². The Hall–Kier alpha value is -1.55. The van der Waals surface area contributed by atoms with Crippen molar-refractivity contribution in [1.29, 1.82) is 0 Å². The minimum Gasteiger partial charge on any atom is -0.463 e. The maximum Gasteiger partial charge on any atom is 0.123 e. The van der Waals surface area contributed by atoms with E-state index in [1.54, 1.807) is 0 Å². The molecule has 2 aromatic rings. The molecule has 0 aliphatic carbocycles. The fourth-order valence-corrected chi connectivity index (χ4v) is 1.83. The molecule has 0 aromatic carbocycles. The first kappa shape index (κ1) is 12.9. The second-order valence-corrected chi connectivity index (χ2v) is 5.00. The summed E-state index contributed by atoms with van der Waals surface area (Å²) in [5, 5.41) is 3.37. The first-order chi connectivity index (χ1) is 8.65. The van der Waals surface area contributed by atoms with Gasteiger partial charge in [0.1, 0.15) is 17.3 Å². The third kappa shape index (κ3) is 3.47. The largest absolute Gasteiger partial charge is 0.463 e. The predicted octanol–water partition coefficient (Wildman–Crippen LogP) is 2.58. The third-order valence-corrected chi connectivity index (χ3v) is 2.82. The SMILES string of the molecule is Cc1nccn1Cc1ccc(CNCC(C)C)o1. The molecule has 0 spiro atoms. The smallest absolute Gasteiger partial charge is 0.123 e. The van der Waals surface area contributed by atoms with Crippen molar-refractivity contribution in [2.75, 3.05) is 6.54 Å². The lowest BCUT2D eigenvalue weighted by molar-refractivity contribution is 0.427. The summed E-state index contributed by atoms with van der Waals surface area (Å²) in [6, 6.07) is 4.07. The van der Waals surface area contributed by atoms with Crippen LogP contribution in [0, 0.1) is 12.8 Å². The van der Waals surface area contributed by atoms with Gasteiger partial charge in [0.2, 0.25) is 0 Å². The van der Waals surface area contributed by atoms with Crippen LogP contribution in [0.1, 0.15) is 31.2 Å². The molecule has 2 aromatic heterocycles. The number of aryl methyl sites for hydroxylation is 1. The molecule has 0 fully saturated rings. The Labute approximate surface area is 108 Å². The summed E-state index contributed by atoms with van der Waals surface area (Å²) < 4.78 is 7.86. The highest BCUT2D eigenvalue weighted by atomic mass is 16.3. The van der Waals surface area contributed by atoms with Crippen molar-refractivity contribution < 1.29 is 4.42 Å². The number of imidazole rings is 1. The molecule has 0 aliphatic heterocycles. The highest BCUT2D eigenvalue weighted by Gasteiger charge is 2.04. The van der Waals surface area contributed by atoms with Gasteiger partial charge in [-0.3, -0.25) is 0 Å². The molecule has 0 saturated carbocycles. The zero-order chi connectivity index (χ0) is 13.0. The van der Waals surface area contributed by atoms with Gasteiger partial charge < -0.3 is 14.3 Å². The zero-order valence-electron chi connectivity index (χ0n) is 11.3. The molecule has 0 radical (unpaired) electrons. The summed E-state index contributed by atoms with van der Waals surface area (Å²) in [6.07, 6.45) is 3.78. The molecule has 0 atom stereocenters. The third-order valence-electron chi connectivity index (χ3n) is 2.82. The average Bonchev–Trinajstić information content (AvgIpc) is 2.90. The summed E-state index contributed by atoms with van der Waals surface area (Å²) in [5.41, 5.74) is 0. The lowest BCUT2D eigenvalue weighted by Gasteiger charge is -2.05. The molecule has 98 valence electrons. The summed E-state index contributed by atoms with van der Waals surface area (Å²) in [4.78, 5) is 4.20. The summed E-state index contributed by atoms with van der Waals surface area (Å²) in [5.74, 6) is 3.62. The Morgan fingerprint density at radius 3 is 2.78 bits per heavy atom. The van der Waals surface area contributed by atoms with E-state index in [9.17, 15) is 0 Å². The maximum atomic E-state index is 5.78. The second kappa shape index (κ2) is 5.87. The molecule has 4 heteroatoms. The van der Waals surface area contributed by atoms with Gasteiger partial charge in [-0.1, -0.05) is 13.8 Å². The number of rotatable bonds is 6. The van der Waals surface area contributed by atoms with Gasteiger partial charge >= 0.3 is 0 Å². The standard InChI is InChI=1S/C14H21N3O/c1-11(2)8-15-9-13-4-5-14(18-13)10-17-7-6-16-12(17)3/h4-7,11,15H,8-10H2,1-3H3. The van der Waals surface area contributed by atoms with Crippen molar-refractivity contribution in [3.05, 3.63) is 41.9 Å². The maximum absolute atomic E-state index is 5.78. The van der Waals surface area contributed by atoms with Gasteiger partial charge in [0.05, 0.1) is 13.1 Å². The fraction of sp³-hybridized carbons (Fsp3) is 0.500. The van der Waals surface area contributed by atoms with E-state index in [4.69, 9.17) is 4.42 Å². The van der Waals surface area contributed by atoms with Crippen LogP contribution in [0.25, 0.3) is 0 Å². The number of nitrogens with one attached hydrogen (secondary N) is 1. The van der Waals surface area contributed by atoms with Crippen LogP contribution in [-0.2, 0) is 13.1 Å². The van der Waals surface area contributed by atoms with E-state index in [1.807, 2.05) is 31.5 Å². The van der Waals surface area contributed by atoms with Crippen molar-refractivity contribution in [2.24, 2.45) is 5.92 Å². The summed E-state index contributed by atoms with van der Waals surface area (Å²) >= 11 is 0. The Balaban J connectivity index is 1.88. The Kier molecular flexibility index (Phi) is 4.20. The molecule has 2 heterocycles. The van der Waals surface area contributed by atoms with E-state index in [0.29, 0.717) is 5.92 Å². The van der Waals surface area contributed by atoms with Crippen LogP contribution in [0.15, 0.2) is 28.9 Å². The molecule has 0 amide bonds. The van der Waals surface area contributed by atoms with Gasteiger partial charge in [0, 0.05) is 12.4 Å². The number of hydrogen-bond donors (Lipinski definition) is 1. The van der Waals surface area contributed by atoms with Crippen molar-refractivity contribution in [3.63, 3.8) is 0 Å².